The molecule has 0 aliphatic carbocycles. The van der Waals surface area contributed by atoms with Gasteiger partial charge in [0.25, 0.3) is 0 Å². The quantitative estimate of drug-likeness (QED) is 0.839. The van der Waals surface area contributed by atoms with Crippen molar-refractivity contribution in [1.82, 2.24) is 24.7 Å². The van der Waals surface area contributed by atoms with Crippen molar-refractivity contribution in [2.45, 2.75) is 26.7 Å². The average Bonchev–Trinajstić information content (AvgIpc) is 2.90. The second-order valence-corrected chi connectivity index (χ2v) is 5.28. The summed E-state index contributed by atoms with van der Waals surface area (Å²) in [5, 5.41) is 12.8. The summed E-state index contributed by atoms with van der Waals surface area (Å²) in [5.41, 5.74) is 2.00. The zero-order valence-electron chi connectivity index (χ0n) is 12.3. The smallest absolute Gasteiger partial charge is 0.179 e. The van der Waals surface area contributed by atoms with Crippen LogP contribution >= 0.6 is 0 Å². The Morgan fingerprint density at radius 2 is 1.90 bits per heavy atom. The molecule has 1 aliphatic heterocycles. The second-order valence-electron chi connectivity index (χ2n) is 5.28. The summed E-state index contributed by atoms with van der Waals surface area (Å²) in [5.74, 6) is 0.916. The van der Waals surface area contributed by atoms with Crippen LogP contribution in [0, 0.1) is 0 Å². The number of hydrogen-bond donors (Lipinski definition) is 0. The van der Waals surface area contributed by atoms with Crippen LogP contribution in [0.5, 0.6) is 0 Å². The molecule has 108 valence electrons. The first-order valence-corrected chi connectivity index (χ1v) is 7.49. The first-order valence-electron chi connectivity index (χ1n) is 7.49. The molecule has 2 aromatic heterocycles. The summed E-state index contributed by atoms with van der Waals surface area (Å²) >= 11 is 0. The van der Waals surface area contributed by atoms with E-state index in [4.69, 9.17) is 0 Å². The molecule has 2 aromatic rings. The lowest BCUT2D eigenvalue weighted by atomic mass is 10.2. The zero-order valence-corrected chi connectivity index (χ0v) is 12.3. The van der Waals surface area contributed by atoms with Gasteiger partial charge in [0.2, 0.25) is 0 Å². The van der Waals surface area contributed by atoms with Crippen LogP contribution in [0.15, 0.2) is 12.3 Å². The average molecular weight is 274 g/mol. The lowest BCUT2D eigenvalue weighted by Gasteiger charge is -2.35. The van der Waals surface area contributed by atoms with Crippen molar-refractivity contribution >= 4 is 11.3 Å². The van der Waals surface area contributed by atoms with Gasteiger partial charge in [-0.15, -0.1) is 10.2 Å². The maximum absolute atomic E-state index is 4.48. The number of rotatable bonds is 4. The van der Waals surface area contributed by atoms with E-state index in [1.54, 1.807) is 0 Å². The highest BCUT2D eigenvalue weighted by atomic mass is 15.4. The van der Waals surface area contributed by atoms with E-state index in [-0.39, 0.29) is 0 Å². The van der Waals surface area contributed by atoms with Crippen LogP contribution in [0.4, 0.5) is 5.69 Å². The van der Waals surface area contributed by atoms with Gasteiger partial charge in [-0.3, -0.25) is 4.90 Å². The minimum absolute atomic E-state index is 0.843. The molecule has 1 saturated heterocycles. The van der Waals surface area contributed by atoms with E-state index < -0.39 is 0 Å². The van der Waals surface area contributed by atoms with E-state index in [2.05, 4.69) is 45.0 Å². The normalized spacial score (nSPS) is 17.0. The fraction of sp³-hybridized carbons (Fsp3) is 0.643. The summed E-state index contributed by atoms with van der Waals surface area (Å²) in [6, 6.07) is 2.09. The molecule has 0 bridgehead atoms. The van der Waals surface area contributed by atoms with Crippen molar-refractivity contribution < 1.29 is 0 Å². The lowest BCUT2D eigenvalue weighted by Crippen LogP contribution is -2.46. The van der Waals surface area contributed by atoms with Crippen LogP contribution in [0.2, 0.25) is 0 Å². The molecular formula is C14H22N6. The fourth-order valence-corrected chi connectivity index (χ4v) is 2.77. The molecular weight excluding hydrogens is 252 g/mol. The van der Waals surface area contributed by atoms with Gasteiger partial charge in [0.1, 0.15) is 0 Å². The summed E-state index contributed by atoms with van der Waals surface area (Å²) in [4.78, 5) is 4.91. The summed E-state index contributed by atoms with van der Waals surface area (Å²) in [6.45, 7) is 9.89. The molecule has 0 radical (unpaired) electrons. The molecule has 0 unspecified atom stereocenters. The standard InChI is InChI=1S/C14H22N6/c1-3-5-18-6-8-19(9-7-18)12-10-14-17-16-13(4-2)20(14)15-11-12/h10-11H,3-9H2,1-2H3. The van der Waals surface area contributed by atoms with Gasteiger partial charge >= 0.3 is 0 Å². The summed E-state index contributed by atoms with van der Waals surface area (Å²) < 4.78 is 1.83. The molecule has 1 fully saturated rings. The number of piperazine rings is 1. The van der Waals surface area contributed by atoms with Gasteiger partial charge < -0.3 is 4.90 Å². The third-order valence-corrected chi connectivity index (χ3v) is 3.91. The van der Waals surface area contributed by atoms with Crippen LogP contribution in [0.25, 0.3) is 5.65 Å². The third-order valence-electron chi connectivity index (χ3n) is 3.91. The largest absolute Gasteiger partial charge is 0.368 e. The van der Waals surface area contributed by atoms with Crippen LogP contribution in [0.3, 0.4) is 0 Å². The molecule has 20 heavy (non-hydrogen) atoms. The molecule has 0 aromatic carbocycles. The molecule has 0 N–H and O–H groups in total. The summed E-state index contributed by atoms with van der Waals surface area (Å²) in [6.07, 6.45) is 4.02. The molecule has 1 aliphatic rings. The molecule has 3 heterocycles. The Morgan fingerprint density at radius 3 is 2.60 bits per heavy atom. The highest BCUT2D eigenvalue weighted by molar-refractivity contribution is 5.54. The van der Waals surface area contributed by atoms with Crippen LogP contribution in [0.1, 0.15) is 26.1 Å². The van der Waals surface area contributed by atoms with Gasteiger partial charge in [-0.25, -0.2) is 0 Å². The van der Waals surface area contributed by atoms with Crippen LogP contribution in [-0.2, 0) is 6.42 Å². The predicted molar refractivity (Wildman–Crippen MR) is 79.1 cm³/mol. The number of fused-ring (bicyclic) bond motifs is 1. The SMILES string of the molecule is CCCN1CCN(c2cnn3c(CC)nnc3c2)CC1. The van der Waals surface area contributed by atoms with Gasteiger partial charge in [0.05, 0.1) is 11.9 Å². The Balaban J connectivity index is 1.75. The minimum Gasteiger partial charge on any atom is -0.368 e. The Bertz CT molecular complexity index is 570. The third kappa shape index (κ3) is 2.47. The van der Waals surface area contributed by atoms with E-state index in [9.17, 15) is 0 Å². The second kappa shape index (κ2) is 5.75. The molecule has 6 heteroatoms. The van der Waals surface area contributed by atoms with E-state index in [1.165, 1.54) is 13.0 Å². The first kappa shape index (κ1) is 13.3. The Hall–Kier alpha value is -1.69. The maximum atomic E-state index is 4.48. The van der Waals surface area contributed by atoms with Gasteiger partial charge in [-0.1, -0.05) is 13.8 Å². The van der Waals surface area contributed by atoms with Crippen molar-refractivity contribution in [1.29, 1.82) is 0 Å². The lowest BCUT2D eigenvalue weighted by molar-refractivity contribution is 0.258. The fourth-order valence-electron chi connectivity index (χ4n) is 2.77. The Labute approximate surface area is 119 Å². The molecule has 0 saturated carbocycles. The van der Waals surface area contributed by atoms with Gasteiger partial charge in [-0.05, 0) is 13.0 Å². The van der Waals surface area contributed by atoms with E-state index >= 15 is 0 Å². The number of hydrogen-bond acceptors (Lipinski definition) is 5. The van der Waals surface area contributed by atoms with Crippen molar-refractivity contribution in [2.24, 2.45) is 0 Å². The zero-order chi connectivity index (χ0) is 13.9. The summed E-state index contributed by atoms with van der Waals surface area (Å²) in [7, 11) is 0. The van der Waals surface area contributed by atoms with Crippen molar-refractivity contribution in [2.75, 3.05) is 37.6 Å². The maximum Gasteiger partial charge on any atom is 0.179 e. The Kier molecular flexibility index (Phi) is 3.82. The topological polar surface area (TPSA) is 49.6 Å². The number of anilines is 1. The van der Waals surface area contributed by atoms with Gasteiger partial charge in [0.15, 0.2) is 11.5 Å². The van der Waals surface area contributed by atoms with E-state index in [0.29, 0.717) is 0 Å². The molecule has 6 nitrogen and oxygen atoms in total. The van der Waals surface area contributed by atoms with Crippen LogP contribution < -0.4 is 4.90 Å². The van der Waals surface area contributed by atoms with Gasteiger partial charge in [0, 0.05) is 38.7 Å². The van der Waals surface area contributed by atoms with Crippen molar-refractivity contribution in [3.05, 3.63) is 18.1 Å². The van der Waals surface area contributed by atoms with E-state index in [1.807, 2.05) is 10.7 Å². The molecule has 0 spiro atoms. The van der Waals surface area contributed by atoms with Crippen molar-refractivity contribution in [3.8, 4) is 0 Å². The predicted octanol–water partition coefficient (Wildman–Crippen LogP) is 1.22. The monoisotopic (exact) mass is 274 g/mol. The van der Waals surface area contributed by atoms with E-state index in [0.717, 1.165) is 49.8 Å². The minimum atomic E-state index is 0.843. The number of aromatic nitrogens is 4. The van der Waals surface area contributed by atoms with Crippen LogP contribution in [-0.4, -0.2) is 57.4 Å². The van der Waals surface area contributed by atoms with Crippen molar-refractivity contribution in [3.63, 3.8) is 0 Å². The molecule has 0 amide bonds. The first-order chi connectivity index (χ1) is 9.81. The number of nitrogens with zero attached hydrogens (tertiary/aromatic N) is 6. The highest BCUT2D eigenvalue weighted by Gasteiger charge is 2.17. The Morgan fingerprint density at radius 1 is 1.10 bits per heavy atom. The number of aryl methyl sites for hydroxylation is 1. The highest BCUT2D eigenvalue weighted by Crippen LogP contribution is 2.17. The molecule has 3 rings (SSSR count). The molecule has 0 atom stereocenters. The van der Waals surface area contributed by atoms with Gasteiger partial charge in [-0.2, -0.15) is 9.61 Å².